The van der Waals surface area contributed by atoms with E-state index in [-0.39, 0.29) is 31.1 Å². The third-order valence-electron chi connectivity index (χ3n) is 6.81. The molecule has 0 aliphatic rings. The minimum Gasteiger partial charge on any atom is -0.462 e. The molecule has 0 radical (unpaired) electrons. The van der Waals surface area contributed by atoms with Crippen LogP contribution in [0.4, 0.5) is 0 Å². The molecule has 0 heterocycles. The van der Waals surface area contributed by atoms with Crippen LogP contribution in [-0.4, -0.2) is 43.7 Å². The lowest BCUT2D eigenvalue weighted by Crippen LogP contribution is -2.28. The molecular formula is C32H60NO6P. The monoisotopic (exact) mass is 585 g/mol. The van der Waals surface area contributed by atoms with Crippen molar-refractivity contribution >= 4 is 27.3 Å². The van der Waals surface area contributed by atoms with E-state index in [9.17, 15) is 14.4 Å². The fraction of sp³-hybridized carbons (Fsp3) is 0.844. The van der Waals surface area contributed by atoms with E-state index >= 15 is 0 Å². The van der Waals surface area contributed by atoms with E-state index in [1.54, 1.807) is 0 Å². The Morgan fingerprint density at radius 3 is 1.70 bits per heavy atom. The van der Waals surface area contributed by atoms with Gasteiger partial charge in [0.15, 0.2) is 6.10 Å². The van der Waals surface area contributed by atoms with Crippen molar-refractivity contribution in [3.05, 3.63) is 12.2 Å². The summed E-state index contributed by atoms with van der Waals surface area (Å²) in [5, 5.41) is 2.79. The molecule has 0 aromatic rings. The molecule has 0 aliphatic carbocycles. The van der Waals surface area contributed by atoms with Crippen LogP contribution in [0.15, 0.2) is 12.2 Å². The molecule has 8 heteroatoms. The summed E-state index contributed by atoms with van der Waals surface area (Å²) >= 11 is 0. The minimum absolute atomic E-state index is 0.0118. The molecule has 0 bridgehead atoms. The number of allylic oxidation sites excluding steroid dienone is 2. The second-order valence-corrected chi connectivity index (χ2v) is 11.0. The van der Waals surface area contributed by atoms with Crippen molar-refractivity contribution in [2.24, 2.45) is 0 Å². The lowest BCUT2D eigenvalue weighted by molar-refractivity contribution is -0.160. The van der Waals surface area contributed by atoms with Crippen LogP contribution < -0.4 is 5.32 Å². The molecule has 1 unspecified atom stereocenters. The largest absolute Gasteiger partial charge is 0.462 e. The van der Waals surface area contributed by atoms with Crippen molar-refractivity contribution in [3.63, 3.8) is 0 Å². The van der Waals surface area contributed by atoms with Gasteiger partial charge in [-0.3, -0.25) is 14.4 Å². The highest BCUT2D eigenvalue weighted by molar-refractivity contribution is 7.09. The van der Waals surface area contributed by atoms with E-state index < -0.39 is 6.10 Å². The smallest absolute Gasteiger partial charge is 0.306 e. The van der Waals surface area contributed by atoms with Crippen molar-refractivity contribution < 1.29 is 28.4 Å². The Labute approximate surface area is 247 Å². The molecule has 1 N–H and O–H groups in total. The van der Waals surface area contributed by atoms with E-state index in [2.05, 4.69) is 33.9 Å². The van der Waals surface area contributed by atoms with Crippen LogP contribution in [0.3, 0.4) is 0 Å². The summed E-state index contributed by atoms with van der Waals surface area (Å²) in [6, 6.07) is 0. The van der Waals surface area contributed by atoms with Crippen molar-refractivity contribution in [1.29, 1.82) is 0 Å². The molecule has 2 atom stereocenters. The molecule has 234 valence electrons. The number of hydrogen-bond acceptors (Lipinski definition) is 6. The Kier molecular flexibility index (Phi) is 29.4. The average molecular weight is 586 g/mol. The van der Waals surface area contributed by atoms with Gasteiger partial charge in [0.05, 0.1) is 6.61 Å². The first kappa shape index (κ1) is 38.5. The fourth-order valence-corrected chi connectivity index (χ4v) is 4.65. The average Bonchev–Trinajstić information content (AvgIpc) is 2.93. The minimum atomic E-state index is -0.591. The molecule has 0 aliphatic heterocycles. The van der Waals surface area contributed by atoms with Crippen LogP contribution in [-0.2, 0) is 28.4 Å². The van der Waals surface area contributed by atoms with Gasteiger partial charge in [0.2, 0.25) is 5.91 Å². The van der Waals surface area contributed by atoms with Gasteiger partial charge in [-0.05, 0) is 51.9 Å². The highest BCUT2D eigenvalue weighted by Gasteiger charge is 2.17. The van der Waals surface area contributed by atoms with E-state index in [4.69, 9.17) is 14.0 Å². The molecule has 0 spiro atoms. The van der Waals surface area contributed by atoms with Gasteiger partial charge in [-0.2, -0.15) is 0 Å². The summed E-state index contributed by atoms with van der Waals surface area (Å²) in [5.41, 5.74) is 0. The van der Waals surface area contributed by atoms with Crippen LogP contribution in [0.5, 0.6) is 0 Å². The number of amides is 1. The summed E-state index contributed by atoms with van der Waals surface area (Å²) in [7, 11) is 2.14. The number of ether oxygens (including phenoxy) is 2. The lowest BCUT2D eigenvalue weighted by Gasteiger charge is -2.17. The quantitative estimate of drug-likeness (QED) is 0.0412. The van der Waals surface area contributed by atoms with Gasteiger partial charge in [0.1, 0.15) is 6.61 Å². The first-order valence-corrected chi connectivity index (χ1v) is 16.6. The third kappa shape index (κ3) is 28.1. The number of hydrogen-bond donors (Lipinski definition) is 1. The Morgan fingerprint density at radius 1 is 0.650 bits per heavy atom. The zero-order valence-corrected chi connectivity index (χ0v) is 26.9. The van der Waals surface area contributed by atoms with E-state index in [1.165, 1.54) is 57.8 Å². The topological polar surface area (TPSA) is 90.9 Å². The molecule has 0 fully saturated rings. The second kappa shape index (κ2) is 30.5. The van der Waals surface area contributed by atoms with Crippen LogP contribution in [0, 0.1) is 0 Å². The lowest BCUT2D eigenvalue weighted by atomic mass is 10.1. The predicted molar refractivity (Wildman–Crippen MR) is 167 cm³/mol. The highest BCUT2D eigenvalue weighted by Crippen LogP contribution is 2.12. The molecule has 0 saturated heterocycles. The fourth-order valence-electron chi connectivity index (χ4n) is 4.44. The zero-order valence-electron chi connectivity index (χ0n) is 25.7. The number of esters is 2. The van der Waals surface area contributed by atoms with E-state index in [0.717, 1.165) is 57.8 Å². The molecule has 7 nitrogen and oxygen atoms in total. The normalized spacial score (nSPS) is 12.0. The number of carbonyl (C=O) groups excluding carboxylic acids is 3. The Morgan fingerprint density at radius 2 is 1.15 bits per heavy atom. The first-order chi connectivity index (χ1) is 19.5. The SMILES string of the molecule is CCCCCCCC/C=C\CCCCCCCC(=O)O[C@@H](COP)COC(=O)CCCCCCCC(=O)NCC. The standard InChI is InChI=1S/C32H60NO6P/c1-3-5-6-7-8-9-10-11-12-13-14-15-16-19-23-26-32(36)39-29(28-38-40)27-37-31(35)25-22-20-17-18-21-24-30(34)33-4-2/h11-12,29H,3-10,13-28,40H2,1-2H3,(H,33,34)/b12-11-/t29-/m1/s1. The van der Waals surface area contributed by atoms with Gasteiger partial charge in [0, 0.05) is 35.3 Å². The number of carbonyl (C=O) groups is 3. The number of unbranched alkanes of at least 4 members (excludes halogenated alkanes) is 15. The van der Waals surface area contributed by atoms with Crippen LogP contribution in [0.1, 0.15) is 149 Å². The number of rotatable bonds is 29. The van der Waals surface area contributed by atoms with Crippen LogP contribution in [0.25, 0.3) is 0 Å². The maximum absolute atomic E-state index is 12.2. The van der Waals surface area contributed by atoms with Gasteiger partial charge in [0.25, 0.3) is 0 Å². The first-order valence-electron chi connectivity index (χ1n) is 16.1. The van der Waals surface area contributed by atoms with Gasteiger partial charge in [-0.15, -0.1) is 0 Å². The Hall–Kier alpha value is -1.46. The van der Waals surface area contributed by atoms with Crippen LogP contribution >= 0.6 is 9.47 Å². The third-order valence-corrected chi connectivity index (χ3v) is 7.00. The summed E-state index contributed by atoms with van der Waals surface area (Å²) in [6.45, 7) is 5.02. The van der Waals surface area contributed by atoms with Gasteiger partial charge < -0.3 is 19.3 Å². The molecule has 0 saturated carbocycles. The molecule has 0 rings (SSSR count). The van der Waals surface area contributed by atoms with Gasteiger partial charge in [-0.25, -0.2) is 0 Å². The predicted octanol–water partition coefficient (Wildman–Crippen LogP) is 8.15. The van der Waals surface area contributed by atoms with E-state index in [1.807, 2.05) is 6.92 Å². The van der Waals surface area contributed by atoms with Gasteiger partial charge >= 0.3 is 11.9 Å². The number of nitrogens with one attached hydrogen (secondary N) is 1. The highest BCUT2D eigenvalue weighted by atomic mass is 31.0. The van der Waals surface area contributed by atoms with Crippen molar-refractivity contribution in [3.8, 4) is 0 Å². The van der Waals surface area contributed by atoms with Crippen LogP contribution in [0.2, 0.25) is 0 Å². The zero-order chi connectivity index (χ0) is 29.5. The molecule has 1 amide bonds. The maximum atomic E-state index is 12.2. The Bertz CT molecular complexity index is 643. The van der Waals surface area contributed by atoms with Crippen molar-refractivity contribution in [2.75, 3.05) is 19.8 Å². The molecule has 0 aromatic heterocycles. The summed E-state index contributed by atoms with van der Waals surface area (Å²) in [6.07, 6.45) is 25.7. The summed E-state index contributed by atoms with van der Waals surface area (Å²) in [4.78, 5) is 35.7. The summed E-state index contributed by atoms with van der Waals surface area (Å²) in [5.74, 6) is -0.457. The second-order valence-electron chi connectivity index (χ2n) is 10.7. The molecular weight excluding hydrogens is 525 g/mol. The van der Waals surface area contributed by atoms with Gasteiger partial charge in [-0.1, -0.05) is 89.7 Å². The van der Waals surface area contributed by atoms with E-state index in [0.29, 0.717) is 25.8 Å². The molecule has 0 aromatic carbocycles. The summed E-state index contributed by atoms with van der Waals surface area (Å²) < 4.78 is 15.8. The maximum Gasteiger partial charge on any atom is 0.306 e. The van der Waals surface area contributed by atoms with Crippen molar-refractivity contribution in [2.45, 2.75) is 155 Å². The van der Waals surface area contributed by atoms with Crippen molar-refractivity contribution in [1.82, 2.24) is 5.32 Å². The Balaban J connectivity index is 3.73. The molecule has 40 heavy (non-hydrogen) atoms.